The maximum atomic E-state index is 13.2. The summed E-state index contributed by atoms with van der Waals surface area (Å²) in [5, 5.41) is 33.2. The Bertz CT molecular complexity index is 991. The second-order valence-electron chi connectivity index (χ2n) is 10.2. The molecule has 7 heteroatoms. The monoisotopic (exact) mass is 472 g/mol. The largest absolute Gasteiger partial charge is 0.490 e. The Kier molecular flexibility index (Phi) is 7.20. The normalized spacial score (nSPS) is 25.4. The van der Waals surface area contributed by atoms with Crippen LogP contribution < -0.4 is 9.64 Å². The van der Waals surface area contributed by atoms with Crippen molar-refractivity contribution in [3.8, 4) is 5.75 Å². The molecule has 2 aromatic rings. The molecule has 2 heterocycles. The van der Waals surface area contributed by atoms with Gasteiger partial charge in [0, 0.05) is 38.4 Å². The first-order valence-electron chi connectivity index (χ1n) is 12.1. The molecule has 34 heavy (non-hydrogen) atoms. The van der Waals surface area contributed by atoms with E-state index in [1.54, 1.807) is 12.1 Å². The molecule has 0 unspecified atom stereocenters. The molecule has 2 aliphatic rings. The van der Waals surface area contributed by atoms with Gasteiger partial charge in [-0.1, -0.05) is 12.1 Å². The van der Waals surface area contributed by atoms with Gasteiger partial charge in [-0.05, 0) is 81.0 Å². The molecule has 0 aromatic heterocycles. The molecule has 0 aliphatic carbocycles. The fourth-order valence-electron chi connectivity index (χ4n) is 5.17. The molecule has 2 saturated heterocycles. The molecule has 0 radical (unpaired) electrons. The third-order valence-electron chi connectivity index (χ3n) is 7.58. The minimum absolute atomic E-state index is 0.00737. The summed E-state index contributed by atoms with van der Waals surface area (Å²) in [6.07, 6.45) is 0.702. The molecular formula is C27H37FN2O4. The summed E-state index contributed by atoms with van der Waals surface area (Å²) in [5.41, 5.74) is 1.82. The van der Waals surface area contributed by atoms with Crippen LogP contribution in [-0.4, -0.2) is 76.9 Å². The van der Waals surface area contributed by atoms with Crippen LogP contribution in [0.5, 0.6) is 5.75 Å². The third-order valence-corrected chi connectivity index (χ3v) is 7.58. The Balaban J connectivity index is 1.36. The number of aliphatic hydroxyl groups excluding tert-OH is 1. The molecule has 3 N–H and O–H groups in total. The number of piperidine rings is 2. The van der Waals surface area contributed by atoms with Crippen molar-refractivity contribution in [2.45, 2.75) is 57.3 Å². The molecule has 4 rings (SSSR count). The molecule has 2 aromatic carbocycles. The Morgan fingerprint density at radius 3 is 2.29 bits per heavy atom. The van der Waals surface area contributed by atoms with Crippen LogP contribution in [0.2, 0.25) is 0 Å². The lowest BCUT2D eigenvalue weighted by molar-refractivity contribution is -0.149. The topological polar surface area (TPSA) is 76.4 Å². The lowest BCUT2D eigenvalue weighted by Crippen LogP contribution is -2.62. The number of halogens is 1. The summed E-state index contributed by atoms with van der Waals surface area (Å²) in [4.78, 5) is 4.20. The summed E-state index contributed by atoms with van der Waals surface area (Å²) < 4.78 is 19.3. The molecule has 0 amide bonds. The van der Waals surface area contributed by atoms with Crippen molar-refractivity contribution in [3.05, 3.63) is 58.9 Å². The van der Waals surface area contributed by atoms with Crippen LogP contribution in [0.1, 0.15) is 36.0 Å². The summed E-state index contributed by atoms with van der Waals surface area (Å²) >= 11 is 0. The van der Waals surface area contributed by atoms with Gasteiger partial charge in [0.25, 0.3) is 0 Å². The number of nitrogens with zero attached hydrogens (tertiary/aromatic N) is 2. The zero-order valence-corrected chi connectivity index (χ0v) is 20.4. The highest BCUT2D eigenvalue weighted by Crippen LogP contribution is 2.32. The molecule has 0 spiro atoms. The van der Waals surface area contributed by atoms with Gasteiger partial charge in [0.2, 0.25) is 0 Å². The molecule has 186 valence electrons. The van der Waals surface area contributed by atoms with E-state index in [0.29, 0.717) is 45.4 Å². The summed E-state index contributed by atoms with van der Waals surface area (Å²) in [6, 6.07) is 10.5. The summed E-state index contributed by atoms with van der Waals surface area (Å²) in [7, 11) is 0. The van der Waals surface area contributed by atoms with Gasteiger partial charge in [-0.3, -0.25) is 4.90 Å². The quantitative estimate of drug-likeness (QED) is 0.600. The standard InChI is InChI=1S/C27H37FN2O4/c1-19-4-5-20(2)25(21(19)3)34-18-27(33)17-29(13-10-24(27)31)16-26(32)11-14-30(15-12-26)23-8-6-22(28)7-9-23/h4-9,24,31-33H,10-18H2,1-3H3/t24-,27-/m0/s1. The zero-order chi connectivity index (χ0) is 24.5. The maximum absolute atomic E-state index is 13.2. The molecule has 2 atom stereocenters. The van der Waals surface area contributed by atoms with Gasteiger partial charge in [-0.15, -0.1) is 0 Å². The second kappa shape index (κ2) is 9.82. The smallest absolute Gasteiger partial charge is 0.137 e. The number of anilines is 1. The van der Waals surface area contributed by atoms with E-state index in [9.17, 15) is 19.7 Å². The van der Waals surface area contributed by atoms with E-state index in [-0.39, 0.29) is 19.0 Å². The molecule has 0 bridgehead atoms. The van der Waals surface area contributed by atoms with Gasteiger partial charge in [-0.2, -0.15) is 0 Å². The van der Waals surface area contributed by atoms with Gasteiger partial charge in [0.05, 0.1) is 11.7 Å². The minimum Gasteiger partial charge on any atom is -0.490 e. The predicted octanol–water partition coefficient (Wildman–Crippen LogP) is 2.96. The minimum atomic E-state index is -1.41. The maximum Gasteiger partial charge on any atom is 0.137 e. The van der Waals surface area contributed by atoms with E-state index < -0.39 is 17.3 Å². The van der Waals surface area contributed by atoms with Crippen LogP contribution in [0.25, 0.3) is 0 Å². The van der Waals surface area contributed by atoms with Crippen LogP contribution in [0, 0.1) is 26.6 Å². The Morgan fingerprint density at radius 2 is 1.62 bits per heavy atom. The Labute approximate surface area is 201 Å². The van der Waals surface area contributed by atoms with E-state index in [4.69, 9.17) is 4.74 Å². The average Bonchev–Trinajstić information content (AvgIpc) is 2.80. The average molecular weight is 473 g/mol. The number of aliphatic hydroxyl groups is 3. The fourth-order valence-corrected chi connectivity index (χ4v) is 5.17. The number of likely N-dealkylation sites (tertiary alicyclic amines) is 1. The molecular weight excluding hydrogens is 435 g/mol. The number of β-amino-alcohol motifs (C(OH)–C–C–N with tert-alkyl or cyclic N) is 2. The molecule has 2 fully saturated rings. The number of rotatable bonds is 6. The highest BCUT2D eigenvalue weighted by atomic mass is 19.1. The number of hydrogen-bond acceptors (Lipinski definition) is 6. The molecule has 2 aliphatic heterocycles. The van der Waals surface area contributed by atoms with Gasteiger partial charge in [0.15, 0.2) is 0 Å². The highest BCUT2D eigenvalue weighted by Gasteiger charge is 2.44. The predicted molar refractivity (Wildman–Crippen MR) is 131 cm³/mol. The summed E-state index contributed by atoms with van der Waals surface area (Å²) in [6.45, 7) is 8.63. The van der Waals surface area contributed by atoms with Crippen molar-refractivity contribution in [3.63, 3.8) is 0 Å². The summed E-state index contributed by atoms with van der Waals surface area (Å²) in [5.74, 6) is 0.498. The van der Waals surface area contributed by atoms with E-state index in [1.165, 1.54) is 12.1 Å². The second-order valence-corrected chi connectivity index (χ2v) is 10.2. The van der Waals surface area contributed by atoms with Gasteiger partial charge >= 0.3 is 0 Å². The van der Waals surface area contributed by atoms with Crippen molar-refractivity contribution in [1.29, 1.82) is 0 Å². The first-order chi connectivity index (χ1) is 16.1. The van der Waals surface area contributed by atoms with E-state index in [1.807, 2.05) is 37.8 Å². The first-order valence-corrected chi connectivity index (χ1v) is 12.1. The lowest BCUT2D eigenvalue weighted by atomic mass is 9.86. The Morgan fingerprint density at radius 1 is 0.971 bits per heavy atom. The first kappa shape index (κ1) is 24.9. The van der Waals surface area contributed by atoms with Crippen molar-refractivity contribution in [2.75, 3.05) is 44.2 Å². The highest BCUT2D eigenvalue weighted by molar-refractivity contribution is 5.47. The number of aryl methyl sites for hydroxylation is 2. The van der Waals surface area contributed by atoms with E-state index in [2.05, 4.69) is 4.90 Å². The molecule has 0 saturated carbocycles. The van der Waals surface area contributed by atoms with Gasteiger partial charge in [-0.25, -0.2) is 4.39 Å². The van der Waals surface area contributed by atoms with Crippen LogP contribution in [-0.2, 0) is 0 Å². The van der Waals surface area contributed by atoms with Crippen LogP contribution >= 0.6 is 0 Å². The fraction of sp³-hybridized carbons (Fsp3) is 0.556. The van der Waals surface area contributed by atoms with Gasteiger partial charge in [0.1, 0.15) is 23.8 Å². The zero-order valence-electron chi connectivity index (χ0n) is 20.4. The van der Waals surface area contributed by atoms with Crippen molar-refractivity contribution in [1.82, 2.24) is 4.90 Å². The number of hydrogen-bond donors (Lipinski definition) is 3. The third kappa shape index (κ3) is 5.38. The van der Waals surface area contributed by atoms with Crippen LogP contribution in [0.3, 0.4) is 0 Å². The van der Waals surface area contributed by atoms with Crippen LogP contribution in [0.4, 0.5) is 10.1 Å². The van der Waals surface area contributed by atoms with Crippen molar-refractivity contribution < 1.29 is 24.4 Å². The van der Waals surface area contributed by atoms with E-state index in [0.717, 1.165) is 28.1 Å². The lowest BCUT2D eigenvalue weighted by Gasteiger charge is -2.46. The molecule has 6 nitrogen and oxygen atoms in total. The van der Waals surface area contributed by atoms with Crippen molar-refractivity contribution >= 4 is 5.69 Å². The van der Waals surface area contributed by atoms with Gasteiger partial charge < -0.3 is 25.0 Å². The Hall–Kier alpha value is -2.19. The number of ether oxygens (including phenoxy) is 1. The number of benzene rings is 2. The van der Waals surface area contributed by atoms with Crippen molar-refractivity contribution in [2.24, 2.45) is 0 Å². The SMILES string of the molecule is Cc1ccc(C)c(OC[C@@]2(O)CN(CC3(O)CCN(c4ccc(F)cc4)CC3)CC[C@@H]2O)c1C. The van der Waals surface area contributed by atoms with Crippen LogP contribution in [0.15, 0.2) is 36.4 Å². The van der Waals surface area contributed by atoms with E-state index >= 15 is 0 Å².